The van der Waals surface area contributed by atoms with Crippen molar-refractivity contribution in [2.24, 2.45) is 0 Å². The quantitative estimate of drug-likeness (QED) is 0.582. The average Bonchev–Trinajstić information content (AvgIpc) is 3.19. The Kier molecular flexibility index (Phi) is 9.34. The van der Waals surface area contributed by atoms with Crippen molar-refractivity contribution in [2.75, 3.05) is 45.8 Å². The summed E-state index contributed by atoms with van der Waals surface area (Å²) in [6.45, 7) is 10.1. The van der Waals surface area contributed by atoms with Crippen molar-refractivity contribution >= 4 is 11.8 Å². The molecule has 6 nitrogen and oxygen atoms in total. The van der Waals surface area contributed by atoms with E-state index < -0.39 is 0 Å². The lowest BCUT2D eigenvalue weighted by atomic mass is 10.1. The first-order valence-electron chi connectivity index (χ1n) is 12.2. The summed E-state index contributed by atoms with van der Waals surface area (Å²) >= 11 is 0. The predicted molar refractivity (Wildman–Crippen MR) is 125 cm³/mol. The highest BCUT2D eigenvalue weighted by atomic mass is 16.2. The van der Waals surface area contributed by atoms with E-state index in [1.165, 1.54) is 5.56 Å². The van der Waals surface area contributed by atoms with Gasteiger partial charge >= 0.3 is 0 Å². The van der Waals surface area contributed by atoms with Gasteiger partial charge in [0, 0.05) is 51.2 Å². The number of hydrogen-bond acceptors (Lipinski definition) is 4. The molecule has 2 atom stereocenters. The highest BCUT2D eigenvalue weighted by molar-refractivity contribution is 5.78. The van der Waals surface area contributed by atoms with Gasteiger partial charge in [-0.25, -0.2) is 0 Å². The van der Waals surface area contributed by atoms with Crippen LogP contribution >= 0.6 is 0 Å². The van der Waals surface area contributed by atoms with Gasteiger partial charge in [-0.3, -0.25) is 19.4 Å². The Hall–Kier alpha value is -1.92. The van der Waals surface area contributed by atoms with Crippen molar-refractivity contribution in [1.29, 1.82) is 0 Å². The lowest BCUT2D eigenvalue weighted by Gasteiger charge is -2.29. The van der Waals surface area contributed by atoms with Crippen LogP contribution in [-0.2, 0) is 9.59 Å². The Labute approximate surface area is 188 Å². The fourth-order valence-electron chi connectivity index (χ4n) is 4.87. The summed E-state index contributed by atoms with van der Waals surface area (Å²) in [6.07, 6.45) is 5.88. The van der Waals surface area contributed by atoms with Crippen LogP contribution in [0.4, 0.5) is 0 Å². The van der Waals surface area contributed by atoms with E-state index >= 15 is 0 Å². The number of hydrogen-bond donors (Lipinski definition) is 1. The van der Waals surface area contributed by atoms with Crippen LogP contribution in [0, 0.1) is 0 Å². The Balaban J connectivity index is 1.38. The molecule has 31 heavy (non-hydrogen) atoms. The Morgan fingerprint density at radius 3 is 2.77 bits per heavy atom. The molecule has 2 heterocycles. The minimum Gasteiger partial charge on any atom is -0.355 e. The van der Waals surface area contributed by atoms with Crippen molar-refractivity contribution in [3.05, 3.63) is 35.9 Å². The second kappa shape index (κ2) is 12.2. The molecule has 2 saturated heterocycles. The number of amides is 2. The summed E-state index contributed by atoms with van der Waals surface area (Å²) in [7, 11) is 0. The number of carbonyl (C=O) groups is 2. The van der Waals surface area contributed by atoms with Gasteiger partial charge in [-0.05, 0) is 44.7 Å². The summed E-state index contributed by atoms with van der Waals surface area (Å²) < 4.78 is 0. The van der Waals surface area contributed by atoms with E-state index in [-0.39, 0.29) is 11.8 Å². The molecule has 2 unspecified atom stereocenters. The van der Waals surface area contributed by atoms with E-state index in [9.17, 15) is 9.59 Å². The van der Waals surface area contributed by atoms with Gasteiger partial charge < -0.3 is 10.2 Å². The SMILES string of the molecule is CCN(CC(=O)NCCCN1CCCCCC1=O)C1CCN(C(C)c2ccccc2)C1. The van der Waals surface area contributed by atoms with Gasteiger partial charge in [0.05, 0.1) is 6.54 Å². The summed E-state index contributed by atoms with van der Waals surface area (Å²) in [5.74, 6) is 0.370. The van der Waals surface area contributed by atoms with Crippen molar-refractivity contribution in [1.82, 2.24) is 20.0 Å². The highest BCUT2D eigenvalue weighted by Gasteiger charge is 2.30. The van der Waals surface area contributed by atoms with E-state index in [2.05, 4.69) is 59.3 Å². The molecule has 0 radical (unpaired) electrons. The third kappa shape index (κ3) is 7.04. The topological polar surface area (TPSA) is 55.9 Å². The molecule has 1 N–H and O–H groups in total. The average molecular weight is 429 g/mol. The fourth-order valence-corrected chi connectivity index (χ4v) is 4.87. The van der Waals surface area contributed by atoms with E-state index in [1.54, 1.807) is 0 Å². The number of carbonyl (C=O) groups excluding carboxylic acids is 2. The first-order chi connectivity index (χ1) is 15.1. The minimum absolute atomic E-state index is 0.0959. The van der Waals surface area contributed by atoms with Crippen molar-refractivity contribution in [3.8, 4) is 0 Å². The first-order valence-corrected chi connectivity index (χ1v) is 12.2. The van der Waals surface area contributed by atoms with Crippen LogP contribution in [0.25, 0.3) is 0 Å². The number of likely N-dealkylation sites (N-methyl/N-ethyl adjacent to an activating group) is 1. The molecule has 0 bridgehead atoms. The first kappa shape index (κ1) is 23.7. The molecule has 1 aromatic rings. The number of likely N-dealkylation sites (tertiary alicyclic amines) is 2. The number of rotatable bonds is 10. The van der Waals surface area contributed by atoms with Crippen LogP contribution in [0.15, 0.2) is 30.3 Å². The molecule has 172 valence electrons. The maximum atomic E-state index is 12.5. The molecular formula is C25H40N4O2. The van der Waals surface area contributed by atoms with E-state index in [0.29, 0.717) is 31.6 Å². The Morgan fingerprint density at radius 2 is 2.00 bits per heavy atom. The summed E-state index contributed by atoms with van der Waals surface area (Å²) in [4.78, 5) is 31.4. The number of nitrogens with zero attached hydrogens (tertiary/aromatic N) is 3. The molecule has 6 heteroatoms. The van der Waals surface area contributed by atoms with Crippen LogP contribution in [0.2, 0.25) is 0 Å². The molecule has 0 spiro atoms. The molecule has 2 aliphatic heterocycles. The van der Waals surface area contributed by atoms with Gasteiger partial charge in [0.15, 0.2) is 0 Å². The monoisotopic (exact) mass is 428 g/mol. The maximum absolute atomic E-state index is 12.5. The van der Waals surface area contributed by atoms with Crippen LogP contribution in [0.1, 0.15) is 64.0 Å². The second-order valence-electron chi connectivity index (χ2n) is 8.98. The molecule has 0 aromatic heterocycles. The minimum atomic E-state index is 0.0959. The lowest BCUT2D eigenvalue weighted by Crippen LogP contribution is -2.44. The van der Waals surface area contributed by atoms with Crippen LogP contribution in [0.3, 0.4) is 0 Å². The standard InChI is InChI=1S/C25H40N4O2/c1-3-27(23-14-18-29(19-23)21(2)22-11-6-4-7-12-22)20-24(30)26-15-10-17-28-16-9-5-8-13-25(28)31/h4,6-7,11-12,21,23H,3,5,8-10,13-20H2,1-2H3,(H,26,30). The molecule has 3 rings (SSSR count). The summed E-state index contributed by atoms with van der Waals surface area (Å²) in [5, 5.41) is 3.07. The zero-order valence-electron chi connectivity index (χ0n) is 19.4. The van der Waals surface area contributed by atoms with E-state index in [0.717, 1.165) is 64.8 Å². The van der Waals surface area contributed by atoms with Crippen LogP contribution < -0.4 is 5.32 Å². The molecule has 1 aromatic carbocycles. The van der Waals surface area contributed by atoms with Crippen LogP contribution in [-0.4, -0.2) is 78.4 Å². The summed E-state index contributed by atoms with van der Waals surface area (Å²) in [6, 6.07) is 11.5. The third-order valence-electron chi connectivity index (χ3n) is 6.89. The molecular weight excluding hydrogens is 388 g/mol. The maximum Gasteiger partial charge on any atom is 0.234 e. The van der Waals surface area contributed by atoms with Crippen molar-refractivity contribution in [2.45, 2.75) is 64.5 Å². The van der Waals surface area contributed by atoms with Gasteiger partial charge in [-0.15, -0.1) is 0 Å². The zero-order chi connectivity index (χ0) is 22.1. The van der Waals surface area contributed by atoms with Crippen molar-refractivity contribution in [3.63, 3.8) is 0 Å². The smallest absolute Gasteiger partial charge is 0.234 e. The highest BCUT2D eigenvalue weighted by Crippen LogP contribution is 2.26. The molecule has 2 amide bonds. The van der Waals surface area contributed by atoms with Gasteiger partial charge in [-0.1, -0.05) is 43.7 Å². The van der Waals surface area contributed by atoms with E-state index in [1.807, 2.05) is 4.90 Å². The predicted octanol–water partition coefficient (Wildman–Crippen LogP) is 3.05. The zero-order valence-corrected chi connectivity index (χ0v) is 19.4. The fraction of sp³-hybridized carbons (Fsp3) is 0.680. The van der Waals surface area contributed by atoms with E-state index in [4.69, 9.17) is 0 Å². The summed E-state index contributed by atoms with van der Waals surface area (Å²) in [5.41, 5.74) is 1.35. The lowest BCUT2D eigenvalue weighted by molar-refractivity contribution is -0.130. The largest absolute Gasteiger partial charge is 0.355 e. The second-order valence-corrected chi connectivity index (χ2v) is 8.98. The third-order valence-corrected chi connectivity index (χ3v) is 6.89. The van der Waals surface area contributed by atoms with Gasteiger partial charge in [0.1, 0.15) is 0 Å². The molecule has 2 fully saturated rings. The molecule has 0 saturated carbocycles. The normalized spacial score (nSPS) is 21.3. The number of nitrogens with one attached hydrogen (secondary N) is 1. The van der Waals surface area contributed by atoms with Crippen LogP contribution in [0.5, 0.6) is 0 Å². The Morgan fingerprint density at radius 1 is 1.19 bits per heavy atom. The molecule has 2 aliphatic rings. The van der Waals surface area contributed by atoms with Gasteiger partial charge in [-0.2, -0.15) is 0 Å². The van der Waals surface area contributed by atoms with Gasteiger partial charge in [0.2, 0.25) is 11.8 Å². The Bertz CT molecular complexity index is 696. The molecule has 0 aliphatic carbocycles. The number of benzene rings is 1. The van der Waals surface area contributed by atoms with Crippen molar-refractivity contribution < 1.29 is 9.59 Å². The van der Waals surface area contributed by atoms with Gasteiger partial charge in [0.25, 0.3) is 0 Å².